The summed E-state index contributed by atoms with van der Waals surface area (Å²) in [4.78, 5) is 15.3. The van der Waals surface area contributed by atoms with Gasteiger partial charge in [0, 0.05) is 22.3 Å². The number of carbonyl (C=O) groups is 1. The Hall–Kier alpha value is -2.07. The molecule has 1 aromatic heterocycles. The second kappa shape index (κ2) is 5.71. The summed E-state index contributed by atoms with van der Waals surface area (Å²) in [6, 6.07) is 6.35. The summed E-state index contributed by atoms with van der Waals surface area (Å²) in [6.07, 6.45) is 3.53. The molecule has 0 saturated heterocycles. The van der Waals surface area contributed by atoms with Gasteiger partial charge in [0.15, 0.2) is 0 Å². The number of carboxylic acids is 1. The van der Waals surface area contributed by atoms with Crippen LogP contribution in [-0.4, -0.2) is 22.1 Å². The number of aromatic nitrogens is 1. The Kier molecular flexibility index (Phi) is 4.02. The third kappa shape index (κ3) is 3.03. The summed E-state index contributed by atoms with van der Waals surface area (Å²) in [6.45, 7) is 3.57. The fourth-order valence-corrected chi connectivity index (χ4v) is 1.99. The van der Waals surface area contributed by atoms with E-state index in [4.69, 9.17) is 16.7 Å². The van der Waals surface area contributed by atoms with Crippen molar-refractivity contribution < 1.29 is 9.90 Å². The molecule has 0 amide bonds. The molecule has 0 radical (unpaired) electrons. The number of carboxylic acid groups (broad SMARTS) is 1. The van der Waals surface area contributed by atoms with Gasteiger partial charge in [0.1, 0.15) is 6.04 Å². The van der Waals surface area contributed by atoms with E-state index in [1.807, 2.05) is 6.07 Å². The van der Waals surface area contributed by atoms with Crippen molar-refractivity contribution >= 4 is 34.2 Å². The number of hydrogen-bond acceptors (Lipinski definition) is 3. The van der Waals surface area contributed by atoms with E-state index in [0.717, 1.165) is 16.6 Å². The topological polar surface area (TPSA) is 62.2 Å². The summed E-state index contributed by atoms with van der Waals surface area (Å²) in [7, 11) is 0. The van der Waals surface area contributed by atoms with Crippen molar-refractivity contribution in [1.29, 1.82) is 0 Å². The number of rotatable bonds is 5. The highest BCUT2D eigenvalue weighted by Gasteiger charge is 2.16. The van der Waals surface area contributed by atoms with E-state index < -0.39 is 12.0 Å². The Labute approximate surface area is 115 Å². The highest BCUT2D eigenvalue weighted by Crippen LogP contribution is 2.25. The highest BCUT2D eigenvalue weighted by molar-refractivity contribution is 6.31. The molecular weight excluding hydrogens is 264 g/mol. The molecule has 1 unspecified atom stereocenters. The quantitative estimate of drug-likeness (QED) is 0.822. The first kappa shape index (κ1) is 13.4. The van der Waals surface area contributed by atoms with Crippen molar-refractivity contribution in [3.05, 3.63) is 48.1 Å². The molecule has 0 aliphatic heterocycles. The minimum Gasteiger partial charge on any atom is -0.480 e. The Balaban J connectivity index is 2.39. The number of anilines is 1. The van der Waals surface area contributed by atoms with Gasteiger partial charge in [-0.1, -0.05) is 17.7 Å². The zero-order chi connectivity index (χ0) is 13.8. The summed E-state index contributed by atoms with van der Waals surface area (Å²) in [5.74, 6) is -0.918. The minimum absolute atomic E-state index is 0.340. The molecular formula is C14H13ClN2O2. The van der Waals surface area contributed by atoms with Crippen molar-refractivity contribution in [2.75, 3.05) is 5.32 Å². The molecule has 2 aromatic rings. The monoisotopic (exact) mass is 276 g/mol. The normalized spacial score (nSPS) is 12.1. The van der Waals surface area contributed by atoms with E-state index in [-0.39, 0.29) is 0 Å². The van der Waals surface area contributed by atoms with Crippen molar-refractivity contribution in [2.24, 2.45) is 0 Å². The molecule has 2 N–H and O–H groups in total. The smallest absolute Gasteiger partial charge is 0.326 e. The van der Waals surface area contributed by atoms with E-state index in [9.17, 15) is 4.79 Å². The predicted octanol–water partition coefficient (Wildman–Crippen LogP) is 3.33. The lowest BCUT2D eigenvalue weighted by atomic mass is 10.1. The van der Waals surface area contributed by atoms with Gasteiger partial charge in [-0.3, -0.25) is 4.98 Å². The fourth-order valence-electron chi connectivity index (χ4n) is 1.82. The first-order chi connectivity index (χ1) is 9.11. The van der Waals surface area contributed by atoms with Crippen LogP contribution in [0.2, 0.25) is 5.02 Å². The number of hydrogen-bond donors (Lipinski definition) is 2. The zero-order valence-corrected chi connectivity index (χ0v) is 10.9. The molecule has 0 spiro atoms. The highest BCUT2D eigenvalue weighted by atomic mass is 35.5. The number of pyridine rings is 1. The molecule has 0 bridgehead atoms. The van der Waals surface area contributed by atoms with Gasteiger partial charge in [-0.05, 0) is 30.7 Å². The number of fused-ring (bicyclic) bond motifs is 1. The fraction of sp³-hybridized carbons (Fsp3) is 0.143. The van der Waals surface area contributed by atoms with Gasteiger partial charge in [0.05, 0.1) is 5.52 Å². The Morgan fingerprint density at radius 2 is 2.32 bits per heavy atom. The lowest BCUT2D eigenvalue weighted by Gasteiger charge is -2.15. The lowest BCUT2D eigenvalue weighted by molar-refractivity contribution is -0.137. The zero-order valence-electron chi connectivity index (χ0n) is 10.1. The van der Waals surface area contributed by atoms with Crippen LogP contribution >= 0.6 is 11.6 Å². The molecule has 0 saturated carbocycles. The standard InChI is InChI=1S/C14H13ClN2O2/c1-2-3-12(14(18)19)17-11-6-7-16-13-8-9(15)4-5-10(11)13/h2,4-8,12H,1,3H2,(H,16,17)(H,18,19). The number of nitrogens with zero attached hydrogens (tertiary/aromatic N) is 1. The molecule has 19 heavy (non-hydrogen) atoms. The Bertz CT molecular complexity index is 628. The molecule has 2 rings (SSSR count). The SMILES string of the molecule is C=CCC(Nc1ccnc2cc(Cl)ccc12)C(=O)O. The van der Waals surface area contributed by atoms with Crippen molar-refractivity contribution in [3.8, 4) is 0 Å². The number of halogens is 1. The Morgan fingerprint density at radius 3 is 3.00 bits per heavy atom. The maximum atomic E-state index is 11.1. The van der Waals surface area contributed by atoms with Gasteiger partial charge in [0.2, 0.25) is 0 Å². The van der Waals surface area contributed by atoms with E-state index in [1.54, 1.807) is 30.5 Å². The third-order valence-electron chi connectivity index (χ3n) is 2.73. The van der Waals surface area contributed by atoms with Gasteiger partial charge >= 0.3 is 5.97 Å². The maximum Gasteiger partial charge on any atom is 0.326 e. The van der Waals surface area contributed by atoms with Crippen LogP contribution in [0.15, 0.2) is 43.1 Å². The van der Waals surface area contributed by atoms with Crippen molar-refractivity contribution in [3.63, 3.8) is 0 Å². The van der Waals surface area contributed by atoms with Crippen LogP contribution in [0.3, 0.4) is 0 Å². The summed E-state index contributed by atoms with van der Waals surface area (Å²) >= 11 is 5.91. The van der Waals surface area contributed by atoms with E-state index >= 15 is 0 Å². The summed E-state index contributed by atoms with van der Waals surface area (Å²) in [5.41, 5.74) is 1.44. The number of benzene rings is 1. The largest absolute Gasteiger partial charge is 0.480 e. The molecule has 0 aliphatic rings. The summed E-state index contributed by atoms with van der Waals surface area (Å²) in [5, 5.41) is 13.6. The van der Waals surface area contributed by atoms with Crippen LogP contribution in [0.4, 0.5) is 5.69 Å². The second-order valence-electron chi connectivity index (χ2n) is 4.08. The van der Waals surface area contributed by atoms with Gasteiger partial charge in [-0.15, -0.1) is 6.58 Å². The molecule has 98 valence electrons. The predicted molar refractivity (Wildman–Crippen MR) is 76.6 cm³/mol. The Morgan fingerprint density at radius 1 is 1.53 bits per heavy atom. The first-order valence-corrected chi connectivity index (χ1v) is 6.14. The van der Waals surface area contributed by atoms with Gasteiger partial charge in [-0.2, -0.15) is 0 Å². The van der Waals surface area contributed by atoms with Gasteiger partial charge < -0.3 is 10.4 Å². The van der Waals surface area contributed by atoms with E-state index in [1.165, 1.54) is 0 Å². The van der Waals surface area contributed by atoms with E-state index in [2.05, 4.69) is 16.9 Å². The first-order valence-electron chi connectivity index (χ1n) is 5.76. The van der Waals surface area contributed by atoms with Crippen LogP contribution in [0, 0.1) is 0 Å². The van der Waals surface area contributed by atoms with Crippen molar-refractivity contribution in [1.82, 2.24) is 4.98 Å². The van der Waals surface area contributed by atoms with Crippen LogP contribution < -0.4 is 5.32 Å². The molecule has 1 aromatic carbocycles. The molecule has 1 atom stereocenters. The van der Waals surface area contributed by atoms with Gasteiger partial charge in [-0.25, -0.2) is 4.79 Å². The molecule has 1 heterocycles. The van der Waals surface area contributed by atoms with E-state index in [0.29, 0.717) is 11.4 Å². The average Bonchev–Trinajstić information content (AvgIpc) is 2.37. The van der Waals surface area contributed by atoms with Crippen LogP contribution in [-0.2, 0) is 4.79 Å². The maximum absolute atomic E-state index is 11.1. The number of nitrogens with one attached hydrogen (secondary N) is 1. The second-order valence-corrected chi connectivity index (χ2v) is 4.52. The van der Waals surface area contributed by atoms with Gasteiger partial charge in [0.25, 0.3) is 0 Å². The lowest BCUT2D eigenvalue weighted by Crippen LogP contribution is -2.28. The molecule has 0 aliphatic carbocycles. The van der Waals surface area contributed by atoms with Crippen LogP contribution in [0.5, 0.6) is 0 Å². The molecule has 0 fully saturated rings. The minimum atomic E-state index is -0.918. The molecule has 4 nitrogen and oxygen atoms in total. The number of aliphatic carboxylic acids is 1. The van der Waals surface area contributed by atoms with Crippen LogP contribution in [0.25, 0.3) is 10.9 Å². The van der Waals surface area contributed by atoms with Crippen molar-refractivity contribution in [2.45, 2.75) is 12.5 Å². The van der Waals surface area contributed by atoms with Crippen LogP contribution in [0.1, 0.15) is 6.42 Å². The average molecular weight is 277 g/mol. The summed E-state index contributed by atoms with van der Waals surface area (Å²) < 4.78 is 0. The third-order valence-corrected chi connectivity index (χ3v) is 2.97. The molecule has 5 heteroatoms.